The third-order valence-electron chi connectivity index (χ3n) is 2.95. The fourth-order valence-electron chi connectivity index (χ4n) is 2.09. The molecule has 0 spiro atoms. The predicted octanol–water partition coefficient (Wildman–Crippen LogP) is 2.19. The number of carbonyl (C=O) groups is 2. The van der Waals surface area contributed by atoms with E-state index in [2.05, 4.69) is 0 Å². The van der Waals surface area contributed by atoms with Crippen LogP contribution in [0.1, 0.15) is 22.8 Å². The first-order valence-corrected chi connectivity index (χ1v) is 5.56. The Morgan fingerprint density at radius 2 is 2.06 bits per heavy atom. The first kappa shape index (κ1) is 12.1. The van der Waals surface area contributed by atoms with Gasteiger partial charge in [-0.15, -0.1) is 0 Å². The lowest BCUT2D eigenvalue weighted by atomic mass is 9.95. The summed E-state index contributed by atoms with van der Waals surface area (Å²) in [5.74, 6) is -1.14. The van der Waals surface area contributed by atoms with Crippen molar-refractivity contribution < 1.29 is 19.8 Å². The molecule has 0 fully saturated rings. The summed E-state index contributed by atoms with van der Waals surface area (Å²) in [5, 5.41) is 20.3. The smallest absolute Gasteiger partial charge is 0.225 e. The van der Waals surface area contributed by atoms with Crippen LogP contribution in [0.3, 0.4) is 0 Å². The number of rotatable bonds is 3. The maximum Gasteiger partial charge on any atom is 0.225 e. The molecule has 0 saturated carbocycles. The molecule has 92 valence electrons. The molecule has 4 nitrogen and oxygen atoms in total. The average molecular weight is 244 g/mol. The van der Waals surface area contributed by atoms with Crippen LogP contribution in [-0.2, 0) is 11.2 Å². The Kier molecular flexibility index (Phi) is 3.02. The monoisotopic (exact) mass is 244 g/mol. The van der Waals surface area contributed by atoms with Crippen molar-refractivity contribution in [3.8, 4) is 11.5 Å². The normalized spacial score (nSPS) is 10.5. The second-order valence-corrected chi connectivity index (χ2v) is 3.97. The van der Waals surface area contributed by atoms with E-state index in [0.29, 0.717) is 22.8 Å². The summed E-state index contributed by atoms with van der Waals surface area (Å²) in [6.45, 7) is 1.87. The second kappa shape index (κ2) is 4.49. The van der Waals surface area contributed by atoms with Gasteiger partial charge in [-0.2, -0.15) is 0 Å². The number of ketones is 1. The fraction of sp³-hybridized carbons (Fsp3) is 0.143. The Morgan fingerprint density at radius 3 is 2.67 bits per heavy atom. The van der Waals surface area contributed by atoms with E-state index in [1.807, 2.05) is 6.92 Å². The highest BCUT2D eigenvalue weighted by Crippen LogP contribution is 2.37. The molecular weight excluding hydrogens is 232 g/mol. The number of benzene rings is 2. The molecule has 0 radical (unpaired) electrons. The van der Waals surface area contributed by atoms with Gasteiger partial charge in [0.05, 0.1) is 0 Å². The lowest BCUT2D eigenvalue weighted by molar-refractivity contribution is -0.104. The van der Waals surface area contributed by atoms with Crippen LogP contribution in [0.25, 0.3) is 10.8 Å². The number of carbonyl (C=O) groups excluding carboxylic acids is 2. The number of aldehydes is 1. The van der Waals surface area contributed by atoms with Gasteiger partial charge in [-0.1, -0.05) is 25.1 Å². The van der Waals surface area contributed by atoms with Gasteiger partial charge in [0.1, 0.15) is 0 Å². The van der Waals surface area contributed by atoms with Crippen molar-refractivity contribution in [3.63, 3.8) is 0 Å². The molecule has 2 aromatic carbocycles. The van der Waals surface area contributed by atoms with E-state index in [1.165, 1.54) is 12.1 Å². The van der Waals surface area contributed by atoms with Gasteiger partial charge in [-0.3, -0.25) is 9.59 Å². The molecule has 0 aliphatic rings. The molecular formula is C14H12O4. The van der Waals surface area contributed by atoms with E-state index in [1.54, 1.807) is 12.1 Å². The van der Waals surface area contributed by atoms with Gasteiger partial charge in [-0.05, 0) is 18.1 Å². The Bertz CT molecular complexity index is 644. The SMILES string of the molecule is CCc1cc(O)c(O)c2cccc(C(=O)C=O)c12. The van der Waals surface area contributed by atoms with Gasteiger partial charge in [0, 0.05) is 16.3 Å². The Hall–Kier alpha value is -2.36. The van der Waals surface area contributed by atoms with E-state index in [-0.39, 0.29) is 23.3 Å². The van der Waals surface area contributed by atoms with Gasteiger partial charge < -0.3 is 10.2 Å². The number of fused-ring (bicyclic) bond motifs is 1. The van der Waals surface area contributed by atoms with Crippen molar-refractivity contribution >= 4 is 22.8 Å². The van der Waals surface area contributed by atoms with E-state index < -0.39 is 5.78 Å². The number of Topliss-reactive ketones (excluding diaryl/α,β-unsaturated/α-hetero) is 1. The number of phenolic OH excluding ortho intramolecular Hbond substituents is 2. The number of aromatic hydroxyl groups is 2. The third-order valence-corrected chi connectivity index (χ3v) is 2.95. The van der Waals surface area contributed by atoms with E-state index >= 15 is 0 Å². The zero-order valence-electron chi connectivity index (χ0n) is 9.80. The molecule has 0 amide bonds. The number of aryl methyl sites for hydroxylation is 1. The van der Waals surface area contributed by atoms with Gasteiger partial charge in [-0.25, -0.2) is 0 Å². The van der Waals surface area contributed by atoms with Gasteiger partial charge in [0.15, 0.2) is 17.8 Å². The van der Waals surface area contributed by atoms with E-state index in [9.17, 15) is 19.8 Å². The second-order valence-electron chi connectivity index (χ2n) is 3.97. The summed E-state index contributed by atoms with van der Waals surface area (Å²) in [6, 6.07) is 6.12. The largest absolute Gasteiger partial charge is 0.504 e. The first-order chi connectivity index (χ1) is 8.60. The fourth-order valence-corrected chi connectivity index (χ4v) is 2.09. The summed E-state index contributed by atoms with van der Waals surface area (Å²) in [7, 11) is 0. The van der Waals surface area contributed by atoms with E-state index in [0.717, 1.165) is 0 Å². The Labute approximate surface area is 103 Å². The molecule has 0 saturated heterocycles. The van der Waals surface area contributed by atoms with Crippen LogP contribution >= 0.6 is 0 Å². The van der Waals surface area contributed by atoms with E-state index in [4.69, 9.17) is 0 Å². The highest BCUT2D eigenvalue weighted by atomic mass is 16.3. The molecule has 0 heterocycles. The van der Waals surface area contributed by atoms with Gasteiger partial charge in [0.25, 0.3) is 0 Å². The summed E-state index contributed by atoms with van der Waals surface area (Å²) >= 11 is 0. The molecule has 0 aromatic heterocycles. The molecule has 4 heteroatoms. The predicted molar refractivity (Wildman–Crippen MR) is 67.1 cm³/mol. The van der Waals surface area contributed by atoms with Crippen LogP contribution in [0.4, 0.5) is 0 Å². The standard InChI is InChI=1S/C14H12O4/c1-2-8-6-11(16)14(18)10-5-3-4-9(13(8)10)12(17)7-15/h3-7,16,18H,2H2,1H3. The minimum absolute atomic E-state index is 0.227. The summed E-state index contributed by atoms with van der Waals surface area (Å²) < 4.78 is 0. The van der Waals surface area contributed by atoms with Crippen molar-refractivity contribution in [3.05, 3.63) is 35.4 Å². The van der Waals surface area contributed by atoms with Crippen LogP contribution in [0.2, 0.25) is 0 Å². The molecule has 0 aliphatic carbocycles. The van der Waals surface area contributed by atoms with Crippen LogP contribution in [0.15, 0.2) is 24.3 Å². The Morgan fingerprint density at radius 1 is 1.33 bits per heavy atom. The first-order valence-electron chi connectivity index (χ1n) is 5.56. The maximum atomic E-state index is 11.6. The van der Waals surface area contributed by atoms with Crippen molar-refractivity contribution in [1.82, 2.24) is 0 Å². The third kappa shape index (κ3) is 1.72. The minimum atomic E-state index is -0.639. The lowest BCUT2D eigenvalue weighted by Gasteiger charge is -2.11. The average Bonchev–Trinajstić information content (AvgIpc) is 2.41. The quantitative estimate of drug-likeness (QED) is 0.375. The molecule has 2 rings (SSSR count). The molecule has 2 aromatic rings. The number of phenols is 2. The summed E-state index contributed by atoms with van der Waals surface area (Å²) in [5.41, 5.74) is 0.959. The number of hydrogen-bond acceptors (Lipinski definition) is 4. The minimum Gasteiger partial charge on any atom is -0.504 e. The Balaban J connectivity index is 2.95. The van der Waals surface area contributed by atoms with Gasteiger partial charge >= 0.3 is 0 Å². The van der Waals surface area contributed by atoms with Crippen LogP contribution in [0, 0.1) is 0 Å². The molecule has 18 heavy (non-hydrogen) atoms. The molecule has 0 atom stereocenters. The highest BCUT2D eigenvalue weighted by molar-refractivity contribution is 6.36. The topological polar surface area (TPSA) is 74.6 Å². The van der Waals surface area contributed by atoms with Crippen LogP contribution < -0.4 is 0 Å². The molecule has 0 unspecified atom stereocenters. The zero-order valence-corrected chi connectivity index (χ0v) is 9.80. The van der Waals surface area contributed by atoms with Crippen LogP contribution in [-0.4, -0.2) is 22.3 Å². The highest BCUT2D eigenvalue weighted by Gasteiger charge is 2.16. The zero-order chi connectivity index (χ0) is 13.3. The lowest BCUT2D eigenvalue weighted by Crippen LogP contribution is -2.02. The molecule has 0 aliphatic heterocycles. The van der Waals surface area contributed by atoms with Crippen LogP contribution in [0.5, 0.6) is 11.5 Å². The number of hydrogen-bond donors (Lipinski definition) is 2. The van der Waals surface area contributed by atoms with Crippen molar-refractivity contribution in [2.24, 2.45) is 0 Å². The van der Waals surface area contributed by atoms with Crippen molar-refractivity contribution in [1.29, 1.82) is 0 Å². The summed E-state index contributed by atoms with van der Waals surface area (Å²) in [6.07, 6.45) is 0.825. The molecule has 0 bridgehead atoms. The van der Waals surface area contributed by atoms with Crippen molar-refractivity contribution in [2.75, 3.05) is 0 Å². The molecule has 2 N–H and O–H groups in total. The van der Waals surface area contributed by atoms with Crippen molar-refractivity contribution in [2.45, 2.75) is 13.3 Å². The maximum absolute atomic E-state index is 11.6. The summed E-state index contributed by atoms with van der Waals surface area (Å²) in [4.78, 5) is 22.2. The van der Waals surface area contributed by atoms with Gasteiger partial charge in [0.2, 0.25) is 5.78 Å².